The number of piperazine rings is 1. The Morgan fingerprint density at radius 2 is 2.22 bits per heavy atom. The first-order valence-corrected chi connectivity index (χ1v) is 5.78. The van der Waals surface area contributed by atoms with Gasteiger partial charge in [-0.15, -0.1) is 0 Å². The fraction of sp³-hybridized carbons (Fsp3) is 0.417. The number of pyridine rings is 1. The number of hydrogen-bond acceptors (Lipinski definition) is 4. The van der Waals surface area contributed by atoms with Crippen molar-refractivity contribution in [2.24, 2.45) is 5.73 Å². The molecule has 18 heavy (non-hydrogen) atoms. The first kappa shape index (κ1) is 12.5. The summed E-state index contributed by atoms with van der Waals surface area (Å²) in [6, 6.07) is 2.81. The third-order valence-electron chi connectivity index (χ3n) is 3.08. The van der Waals surface area contributed by atoms with Crippen LogP contribution >= 0.6 is 0 Å². The number of likely N-dealkylation sites (N-methyl/N-ethyl adjacent to an activating group) is 1. The molecule has 0 aliphatic carbocycles. The van der Waals surface area contributed by atoms with Gasteiger partial charge in [0.1, 0.15) is 6.04 Å². The largest absolute Gasteiger partial charge is 0.368 e. The maximum Gasteiger partial charge on any atom is 0.256 e. The summed E-state index contributed by atoms with van der Waals surface area (Å²) in [5.41, 5.74) is 5.84. The number of nitrogens with two attached hydrogens (primary N) is 1. The molecule has 0 bridgehead atoms. The maximum absolute atomic E-state index is 12.3. The van der Waals surface area contributed by atoms with Gasteiger partial charge in [0.25, 0.3) is 5.91 Å². The first-order chi connectivity index (χ1) is 8.59. The number of amides is 2. The van der Waals surface area contributed by atoms with E-state index in [0.717, 1.165) is 6.54 Å². The van der Waals surface area contributed by atoms with Crippen molar-refractivity contribution < 1.29 is 9.59 Å². The van der Waals surface area contributed by atoms with E-state index in [-0.39, 0.29) is 5.91 Å². The minimum atomic E-state index is -0.573. The van der Waals surface area contributed by atoms with Crippen molar-refractivity contribution in [2.75, 3.05) is 26.7 Å². The molecule has 2 heterocycles. The molecule has 96 valence electrons. The lowest BCUT2D eigenvalue weighted by Gasteiger charge is -2.38. The molecule has 0 radical (unpaired) electrons. The lowest BCUT2D eigenvalue weighted by Crippen LogP contribution is -2.59. The van der Waals surface area contributed by atoms with E-state index in [1.54, 1.807) is 18.3 Å². The number of aromatic nitrogens is 1. The van der Waals surface area contributed by atoms with Crippen LogP contribution in [0.2, 0.25) is 0 Å². The van der Waals surface area contributed by atoms with Crippen molar-refractivity contribution in [3.8, 4) is 0 Å². The Hall–Kier alpha value is -1.95. The highest BCUT2D eigenvalue weighted by atomic mass is 16.2. The van der Waals surface area contributed by atoms with Crippen LogP contribution in [-0.2, 0) is 4.79 Å². The third-order valence-corrected chi connectivity index (χ3v) is 3.08. The molecule has 1 aromatic rings. The third kappa shape index (κ3) is 2.48. The summed E-state index contributed by atoms with van der Waals surface area (Å²) in [4.78, 5) is 31.1. The minimum Gasteiger partial charge on any atom is -0.368 e. The molecule has 6 heteroatoms. The topological polar surface area (TPSA) is 79.5 Å². The van der Waals surface area contributed by atoms with E-state index in [0.29, 0.717) is 18.7 Å². The predicted molar refractivity (Wildman–Crippen MR) is 65.8 cm³/mol. The summed E-state index contributed by atoms with van der Waals surface area (Å²) >= 11 is 0. The van der Waals surface area contributed by atoms with Crippen LogP contribution in [0.4, 0.5) is 0 Å². The van der Waals surface area contributed by atoms with Crippen LogP contribution in [0.5, 0.6) is 0 Å². The van der Waals surface area contributed by atoms with Crippen molar-refractivity contribution >= 4 is 11.8 Å². The molecule has 0 aromatic carbocycles. The van der Waals surface area contributed by atoms with E-state index in [1.165, 1.54) is 11.1 Å². The molecule has 1 saturated heterocycles. The second kappa shape index (κ2) is 5.14. The van der Waals surface area contributed by atoms with E-state index in [1.807, 2.05) is 11.9 Å². The van der Waals surface area contributed by atoms with Crippen LogP contribution in [0.1, 0.15) is 10.4 Å². The zero-order valence-electron chi connectivity index (χ0n) is 10.2. The van der Waals surface area contributed by atoms with E-state index in [2.05, 4.69) is 4.98 Å². The van der Waals surface area contributed by atoms with Gasteiger partial charge in [0.2, 0.25) is 5.91 Å². The Labute approximate surface area is 105 Å². The van der Waals surface area contributed by atoms with E-state index >= 15 is 0 Å². The average Bonchev–Trinajstić information content (AvgIpc) is 2.39. The van der Waals surface area contributed by atoms with Crippen molar-refractivity contribution in [2.45, 2.75) is 6.04 Å². The summed E-state index contributed by atoms with van der Waals surface area (Å²) in [5.74, 6) is -0.668. The monoisotopic (exact) mass is 248 g/mol. The Kier molecular flexibility index (Phi) is 3.57. The highest BCUT2D eigenvalue weighted by Crippen LogP contribution is 2.12. The predicted octanol–water partition coefficient (Wildman–Crippen LogP) is -0.677. The van der Waals surface area contributed by atoms with Gasteiger partial charge in [-0.05, 0) is 19.2 Å². The summed E-state index contributed by atoms with van der Waals surface area (Å²) in [6.45, 7) is 1.70. The van der Waals surface area contributed by atoms with Crippen LogP contribution < -0.4 is 5.73 Å². The Morgan fingerprint density at radius 1 is 1.44 bits per heavy atom. The standard InChI is InChI=1S/C12H16N4O2/c1-15-5-6-16(10(8-15)11(13)17)12(18)9-3-2-4-14-7-9/h2-4,7,10H,5-6,8H2,1H3,(H2,13,17). The van der Waals surface area contributed by atoms with Crippen LogP contribution in [0.15, 0.2) is 24.5 Å². The smallest absolute Gasteiger partial charge is 0.256 e. The summed E-state index contributed by atoms with van der Waals surface area (Å²) < 4.78 is 0. The number of carbonyl (C=O) groups excluding carboxylic acids is 2. The molecule has 1 aliphatic rings. The van der Waals surface area contributed by atoms with Gasteiger partial charge in [-0.1, -0.05) is 0 Å². The fourth-order valence-corrected chi connectivity index (χ4v) is 2.06. The van der Waals surface area contributed by atoms with Crippen molar-refractivity contribution in [1.29, 1.82) is 0 Å². The van der Waals surface area contributed by atoms with Gasteiger partial charge in [0.05, 0.1) is 5.56 Å². The van der Waals surface area contributed by atoms with Crippen molar-refractivity contribution in [1.82, 2.24) is 14.8 Å². The van der Waals surface area contributed by atoms with Gasteiger partial charge < -0.3 is 15.5 Å². The van der Waals surface area contributed by atoms with Crippen molar-refractivity contribution in [3.63, 3.8) is 0 Å². The van der Waals surface area contributed by atoms with Crippen LogP contribution in [0, 0.1) is 0 Å². The molecule has 1 aromatic heterocycles. The lowest BCUT2D eigenvalue weighted by molar-refractivity contribution is -0.124. The minimum absolute atomic E-state index is 0.194. The second-order valence-corrected chi connectivity index (χ2v) is 4.42. The first-order valence-electron chi connectivity index (χ1n) is 5.78. The molecular formula is C12H16N4O2. The van der Waals surface area contributed by atoms with Crippen LogP contribution in [0.25, 0.3) is 0 Å². The highest BCUT2D eigenvalue weighted by Gasteiger charge is 2.33. The van der Waals surface area contributed by atoms with Gasteiger partial charge in [-0.3, -0.25) is 14.6 Å². The Balaban J connectivity index is 2.20. The zero-order valence-corrected chi connectivity index (χ0v) is 10.2. The number of primary amides is 1. The Bertz CT molecular complexity index is 449. The maximum atomic E-state index is 12.3. The SMILES string of the molecule is CN1CCN(C(=O)c2cccnc2)C(C(N)=O)C1. The zero-order chi connectivity index (χ0) is 13.1. The highest BCUT2D eigenvalue weighted by molar-refractivity contribution is 5.97. The average molecular weight is 248 g/mol. The molecule has 2 rings (SSSR count). The summed E-state index contributed by atoms with van der Waals surface area (Å²) in [6.07, 6.45) is 3.10. The fourth-order valence-electron chi connectivity index (χ4n) is 2.06. The molecule has 0 spiro atoms. The number of nitrogens with zero attached hydrogens (tertiary/aromatic N) is 3. The lowest BCUT2D eigenvalue weighted by atomic mass is 10.1. The van der Waals surface area contributed by atoms with Crippen molar-refractivity contribution in [3.05, 3.63) is 30.1 Å². The van der Waals surface area contributed by atoms with Gasteiger partial charge >= 0.3 is 0 Å². The molecule has 1 unspecified atom stereocenters. The van der Waals surface area contributed by atoms with Crippen LogP contribution in [0.3, 0.4) is 0 Å². The molecule has 1 atom stereocenters. The van der Waals surface area contributed by atoms with Gasteiger partial charge in [0, 0.05) is 32.0 Å². The molecular weight excluding hydrogens is 232 g/mol. The van der Waals surface area contributed by atoms with Crippen LogP contribution in [-0.4, -0.2) is 59.3 Å². The van der Waals surface area contributed by atoms with E-state index < -0.39 is 11.9 Å². The van der Waals surface area contributed by atoms with E-state index in [4.69, 9.17) is 5.73 Å². The molecule has 6 nitrogen and oxygen atoms in total. The molecule has 1 fully saturated rings. The summed E-state index contributed by atoms with van der Waals surface area (Å²) in [5, 5.41) is 0. The quantitative estimate of drug-likeness (QED) is 0.752. The summed E-state index contributed by atoms with van der Waals surface area (Å²) in [7, 11) is 1.90. The molecule has 1 aliphatic heterocycles. The van der Waals surface area contributed by atoms with Gasteiger partial charge in [-0.2, -0.15) is 0 Å². The molecule has 2 N–H and O–H groups in total. The molecule has 0 saturated carbocycles. The Morgan fingerprint density at radius 3 is 2.83 bits per heavy atom. The second-order valence-electron chi connectivity index (χ2n) is 4.42. The van der Waals surface area contributed by atoms with E-state index in [9.17, 15) is 9.59 Å². The normalized spacial score (nSPS) is 20.7. The number of rotatable bonds is 2. The van der Waals surface area contributed by atoms with Gasteiger partial charge in [0.15, 0.2) is 0 Å². The van der Waals surface area contributed by atoms with Gasteiger partial charge in [-0.25, -0.2) is 0 Å². The number of hydrogen-bond donors (Lipinski definition) is 1. The number of carbonyl (C=O) groups is 2. The molecule has 2 amide bonds.